The fourth-order valence-corrected chi connectivity index (χ4v) is 2.74. The lowest BCUT2D eigenvalue weighted by Gasteiger charge is -2.37. The Labute approximate surface area is 123 Å². The van der Waals surface area contributed by atoms with E-state index in [9.17, 15) is 13.2 Å². The van der Waals surface area contributed by atoms with Gasteiger partial charge in [0.15, 0.2) is 0 Å². The molecule has 0 radical (unpaired) electrons. The number of hydrogen-bond acceptors (Lipinski definition) is 3. The summed E-state index contributed by atoms with van der Waals surface area (Å²) in [5.41, 5.74) is 0.825. The number of nitrogens with zero attached hydrogens (tertiary/aromatic N) is 1. The highest BCUT2D eigenvalue weighted by atomic mass is 79.9. The first-order valence-electron chi connectivity index (χ1n) is 6.06. The average Bonchev–Trinajstić information content (AvgIpc) is 2.37. The van der Waals surface area contributed by atoms with Gasteiger partial charge < -0.3 is 15.0 Å². The highest BCUT2D eigenvalue weighted by Gasteiger charge is 2.31. The molecule has 3 nitrogen and oxygen atoms in total. The van der Waals surface area contributed by atoms with Crippen molar-refractivity contribution in [1.82, 2.24) is 5.32 Å². The van der Waals surface area contributed by atoms with Gasteiger partial charge in [0.2, 0.25) is 0 Å². The Balaban J connectivity index is 2.22. The summed E-state index contributed by atoms with van der Waals surface area (Å²) in [6.45, 7) is 6.12. The second kappa shape index (κ2) is 6.05. The fourth-order valence-electron chi connectivity index (χ4n) is 2.15. The third-order valence-corrected chi connectivity index (χ3v) is 3.65. The van der Waals surface area contributed by atoms with Crippen LogP contribution in [-0.4, -0.2) is 32.0 Å². The largest absolute Gasteiger partial charge is 0.573 e. The Hall–Kier alpha value is -1.21. The van der Waals surface area contributed by atoms with Gasteiger partial charge in [0.25, 0.3) is 0 Å². The quantitative estimate of drug-likeness (QED) is 0.846. The van der Waals surface area contributed by atoms with E-state index in [1.165, 1.54) is 12.1 Å². The molecule has 20 heavy (non-hydrogen) atoms. The first kappa shape index (κ1) is 15.2. The molecule has 7 heteroatoms. The van der Waals surface area contributed by atoms with E-state index in [-0.39, 0.29) is 11.8 Å². The summed E-state index contributed by atoms with van der Waals surface area (Å²) in [6, 6.07) is 4.36. The number of anilines is 1. The van der Waals surface area contributed by atoms with E-state index >= 15 is 0 Å². The van der Waals surface area contributed by atoms with Crippen LogP contribution in [0.3, 0.4) is 0 Å². The summed E-state index contributed by atoms with van der Waals surface area (Å²) < 4.78 is 41.0. The maximum Gasteiger partial charge on any atom is 0.573 e. The summed E-state index contributed by atoms with van der Waals surface area (Å²) in [5, 5.41) is 3.25. The van der Waals surface area contributed by atoms with Crippen molar-refractivity contribution in [2.24, 2.45) is 0 Å². The van der Waals surface area contributed by atoms with E-state index < -0.39 is 6.36 Å². The lowest BCUT2D eigenvalue weighted by Crippen LogP contribution is -2.50. The van der Waals surface area contributed by atoms with E-state index in [1.54, 1.807) is 6.07 Å². The number of nitrogens with one attached hydrogen (secondary N) is 1. The zero-order valence-corrected chi connectivity index (χ0v) is 12.2. The Bertz CT molecular complexity index is 493. The Morgan fingerprint density at radius 2 is 2.20 bits per heavy atom. The molecule has 1 aliphatic rings. The highest BCUT2D eigenvalue weighted by Crippen LogP contribution is 2.33. The number of benzene rings is 1. The molecule has 0 amide bonds. The maximum absolute atomic E-state index is 12.2. The lowest BCUT2D eigenvalue weighted by molar-refractivity contribution is -0.274. The van der Waals surface area contributed by atoms with E-state index in [2.05, 4.69) is 37.5 Å². The summed E-state index contributed by atoms with van der Waals surface area (Å²) in [5.74, 6) is -0.238. The average molecular weight is 351 g/mol. The number of rotatable bonds is 3. The first-order valence-corrected chi connectivity index (χ1v) is 6.85. The monoisotopic (exact) mass is 350 g/mol. The molecule has 0 aliphatic carbocycles. The molecule has 0 bridgehead atoms. The first-order chi connectivity index (χ1) is 9.40. The smallest absolute Gasteiger partial charge is 0.406 e. The molecule has 1 N–H and O–H groups in total. The maximum atomic E-state index is 12.2. The van der Waals surface area contributed by atoms with E-state index in [4.69, 9.17) is 0 Å². The van der Waals surface area contributed by atoms with Gasteiger partial charge in [-0.3, -0.25) is 0 Å². The molecular formula is C13H14BrF3N2O. The molecule has 1 aromatic rings. The predicted molar refractivity (Wildman–Crippen MR) is 75.0 cm³/mol. The van der Waals surface area contributed by atoms with Crippen LogP contribution >= 0.6 is 15.9 Å². The fraction of sp³-hybridized carbons (Fsp3) is 0.385. The number of ether oxygens (including phenoxy) is 1. The topological polar surface area (TPSA) is 24.5 Å². The van der Waals surface area contributed by atoms with Gasteiger partial charge in [-0.05, 0) is 34.1 Å². The molecule has 0 spiro atoms. The van der Waals surface area contributed by atoms with Crippen LogP contribution in [0.25, 0.3) is 0 Å². The molecule has 0 aromatic heterocycles. The van der Waals surface area contributed by atoms with Gasteiger partial charge in [-0.15, -0.1) is 19.8 Å². The molecule has 1 atom stereocenters. The van der Waals surface area contributed by atoms with Crippen molar-refractivity contribution >= 4 is 21.6 Å². The van der Waals surface area contributed by atoms with Gasteiger partial charge in [-0.25, -0.2) is 0 Å². The van der Waals surface area contributed by atoms with Crippen LogP contribution in [0.4, 0.5) is 18.9 Å². The van der Waals surface area contributed by atoms with Crippen LogP contribution in [0, 0.1) is 0 Å². The number of hydrogen-bond donors (Lipinski definition) is 1. The van der Waals surface area contributed by atoms with Crippen molar-refractivity contribution in [2.75, 3.05) is 24.5 Å². The van der Waals surface area contributed by atoms with Gasteiger partial charge in [-0.1, -0.05) is 6.08 Å². The highest BCUT2D eigenvalue weighted by molar-refractivity contribution is 9.10. The van der Waals surface area contributed by atoms with Crippen molar-refractivity contribution in [1.29, 1.82) is 0 Å². The second-order valence-electron chi connectivity index (χ2n) is 4.36. The van der Waals surface area contributed by atoms with Crippen LogP contribution in [0.1, 0.15) is 0 Å². The molecule has 2 rings (SSSR count). The van der Waals surface area contributed by atoms with Crippen molar-refractivity contribution in [2.45, 2.75) is 12.4 Å². The summed E-state index contributed by atoms with van der Waals surface area (Å²) in [4.78, 5) is 2.09. The Morgan fingerprint density at radius 1 is 1.45 bits per heavy atom. The van der Waals surface area contributed by atoms with Gasteiger partial charge >= 0.3 is 6.36 Å². The zero-order chi connectivity index (χ0) is 14.8. The predicted octanol–water partition coefficient (Wildman–Crippen LogP) is 3.31. The van der Waals surface area contributed by atoms with Crippen LogP contribution in [-0.2, 0) is 0 Å². The van der Waals surface area contributed by atoms with Crippen molar-refractivity contribution < 1.29 is 17.9 Å². The van der Waals surface area contributed by atoms with Crippen molar-refractivity contribution in [3.05, 3.63) is 35.3 Å². The van der Waals surface area contributed by atoms with Crippen LogP contribution in [0.5, 0.6) is 5.75 Å². The SMILES string of the molecule is C=C[C@@H]1CNCCN1c1ccc(OC(F)(F)F)cc1Br. The van der Waals surface area contributed by atoms with Crippen molar-refractivity contribution in [3.8, 4) is 5.75 Å². The summed E-state index contributed by atoms with van der Waals surface area (Å²) in [6.07, 6.45) is -2.86. The van der Waals surface area contributed by atoms with Crippen LogP contribution < -0.4 is 15.0 Å². The number of piperazine rings is 1. The summed E-state index contributed by atoms with van der Waals surface area (Å²) >= 11 is 3.30. The minimum atomic E-state index is -4.68. The molecule has 110 valence electrons. The lowest BCUT2D eigenvalue weighted by atomic mass is 10.1. The molecule has 0 saturated carbocycles. The van der Waals surface area contributed by atoms with Crippen LogP contribution in [0.15, 0.2) is 35.3 Å². The zero-order valence-electron chi connectivity index (χ0n) is 10.6. The number of alkyl halides is 3. The molecule has 1 aliphatic heterocycles. The number of halogens is 4. The van der Waals surface area contributed by atoms with Gasteiger partial charge in [0.1, 0.15) is 5.75 Å². The van der Waals surface area contributed by atoms with Gasteiger partial charge in [0, 0.05) is 24.1 Å². The Morgan fingerprint density at radius 3 is 2.80 bits per heavy atom. The minimum absolute atomic E-state index is 0.106. The van der Waals surface area contributed by atoms with Gasteiger partial charge in [-0.2, -0.15) is 0 Å². The standard InChI is InChI=1S/C13H14BrF3N2O/c1-2-9-8-18-5-6-19(9)12-4-3-10(7-11(12)14)20-13(15,16)17/h2-4,7,9,18H,1,5-6,8H2/t9-/m1/s1. The van der Waals surface area contributed by atoms with E-state index in [0.29, 0.717) is 4.47 Å². The van der Waals surface area contributed by atoms with Crippen LogP contribution in [0.2, 0.25) is 0 Å². The van der Waals surface area contributed by atoms with Crippen molar-refractivity contribution in [3.63, 3.8) is 0 Å². The minimum Gasteiger partial charge on any atom is -0.406 e. The third kappa shape index (κ3) is 3.67. The van der Waals surface area contributed by atoms with E-state index in [1.807, 2.05) is 6.08 Å². The summed E-state index contributed by atoms with van der Waals surface area (Å²) in [7, 11) is 0. The van der Waals surface area contributed by atoms with E-state index in [0.717, 1.165) is 25.3 Å². The molecular weight excluding hydrogens is 337 g/mol. The van der Waals surface area contributed by atoms with Gasteiger partial charge in [0.05, 0.1) is 11.7 Å². The molecule has 1 heterocycles. The Kier molecular flexibility index (Phi) is 4.59. The molecule has 1 fully saturated rings. The molecule has 1 saturated heterocycles. The molecule has 0 unspecified atom stereocenters. The third-order valence-electron chi connectivity index (χ3n) is 3.02. The normalized spacial score (nSPS) is 19.8. The molecule has 1 aromatic carbocycles. The second-order valence-corrected chi connectivity index (χ2v) is 5.22.